The van der Waals surface area contributed by atoms with Crippen molar-refractivity contribution in [2.24, 2.45) is 11.8 Å². The van der Waals surface area contributed by atoms with Crippen LogP contribution in [0, 0.1) is 11.8 Å². The van der Waals surface area contributed by atoms with Gasteiger partial charge in [-0.2, -0.15) is 0 Å². The first kappa shape index (κ1) is 16.4. The molecule has 0 spiro atoms. The van der Waals surface area contributed by atoms with Crippen LogP contribution in [0.25, 0.3) is 0 Å². The molecule has 21 heavy (non-hydrogen) atoms. The van der Waals surface area contributed by atoms with E-state index in [4.69, 9.17) is 5.11 Å². The number of thioether (sulfide) groups is 1. The standard InChI is InChI=1S/C16H26N2O2S/c1-11(2)14-8-17-16(21-10-15(19)20)18(14)9-13-6-4-12(3)5-7-13/h8,11-13H,4-7,9-10H2,1-3H3,(H,19,20). The Morgan fingerprint density at radius 2 is 2.10 bits per heavy atom. The van der Waals surface area contributed by atoms with Crippen molar-refractivity contribution in [1.82, 2.24) is 9.55 Å². The molecule has 1 N–H and O–H groups in total. The summed E-state index contributed by atoms with van der Waals surface area (Å²) in [7, 11) is 0. The van der Waals surface area contributed by atoms with Crippen molar-refractivity contribution in [3.05, 3.63) is 11.9 Å². The van der Waals surface area contributed by atoms with E-state index >= 15 is 0 Å². The Labute approximate surface area is 131 Å². The fourth-order valence-corrected chi connectivity index (χ4v) is 3.74. The van der Waals surface area contributed by atoms with Crippen molar-refractivity contribution in [2.45, 2.75) is 64.1 Å². The quantitative estimate of drug-likeness (QED) is 0.807. The Morgan fingerprint density at radius 3 is 2.67 bits per heavy atom. The smallest absolute Gasteiger partial charge is 0.313 e. The number of hydrogen-bond donors (Lipinski definition) is 1. The summed E-state index contributed by atoms with van der Waals surface area (Å²) in [6.07, 6.45) is 7.10. The van der Waals surface area contributed by atoms with Gasteiger partial charge >= 0.3 is 5.97 Å². The van der Waals surface area contributed by atoms with Gasteiger partial charge in [-0.05, 0) is 30.6 Å². The van der Waals surface area contributed by atoms with Crippen LogP contribution in [0.5, 0.6) is 0 Å². The summed E-state index contributed by atoms with van der Waals surface area (Å²) in [5.74, 6) is 1.27. The average molecular weight is 310 g/mol. The number of aromatic nitrogens is 2. The van der Waals surface area contributed by atoms with Gasteiger partial charge in [0.15, 0.2) is 5.16 Å². The molecular weight excluding hydrogens is 284 g/mol. The van der Waals surface area contributed by atoms with Crippen molar-refractivity contribution in [3.8, 4) is 0 Å². The summed E-state index contributed by atoms with van der Waals surface area (Å²) in [5.41, 5.74) is 1.22. The molecular formula is C16H26N2O2S. The second-order valence-electron chi connectivity index (χ2n) is 6.54. The molecule has 1 heterocycles. The van der Waals surface area contributed by atoms with Crippen LogP contribution in [0.4, 0.5) is 0 Å². The van der Waals surface area contributed by atoms with Crippen molar-refractivity contribution in [1.29, 1.82) is 0 Å². The lowest BCUT2D eigenvalue weighted by Gasteiger charge is -2.27. The van der Waals surface area contributed by atoms with Gasteiger partial charge < -0.3 is 9.67 Å². The van der Waals surface area contributed by atoms with Gasteiger partial charge in [-0.25, -0.2) is 4.98 Å². The van der Waals surface area contributed by atoms with E-state index in [1.165, 1.54) is 43.1 Å². The highest BCUT2D eigenvalue weighted by Crippen LogP contribution is 2.32. The molecule has 0 aliphatic heterocycles. The Balaban J connectivity index is 2.10. The highest BCUT2D eigenvalue weighted by Gasteiger charge is 2.22. The number of nitrogens with zero attached hydrogens (tertiary/aromatic N) is 2. The Kier molecular flexibility index (Phi) is 5.73. The lowest BCUT2D eigenvalue weighted by atomic mass is 9.83. The van der Waals surface area contributed by atoms with Gasteiger partial charge in [-0.3, -0.25) is 4.79 Å². The van der Waals surface area contributed by atoms with Gasteiger partial charge in [0.25, 0.3) is 0 Å². The average Bonchev–Trinajstić information content (AvgIpc) is 2.82. The normalized spacial score (nSPS) is 22.7. The summed E-state index contributed by atoms with van der Waals surface area (Å²) in [4.78, 5) is 15.2. The maximum Gasteiger partial charge on any atom is 0.313 e. The van der Waals surface area contributed by atoms with Gasteiger partial charge in [0, 0.05) is 18.4 Å². The molecule has 0 saturated heterocycles. The van der Waals surface area contributed by atoms with Crippen LogP contribution in [0.2, 0.25) is 0 Å². The second kappa shape index (κ2) is 7.34. The molecule has 4 nitrogen and oxygen atoms in total. The van der Waals surface area contributed by atoms with Crippen LogP contribution in [0.15, 0.2) is 11.4 Å². The van der Waals surface area contributed by atoms with E-state index < -0.39 is 5.97 Å². The summed E-state index contributed by atoms with van der Waals surface area (Å²) in [5, 5.41) is 9.74. The van der Waals surface area contributed by atoms with Crippen LogP contribution in [-0.2, 0) is 11.3 Å². The van der Waals surface area contributed by atoms with E-state index in [1.54, 1.807) is 0 Å². The molecule has 0 aromatic carbocycles. The predicted octanol–water partition coefficient (Wildman–Crippen LogP) is 4.01. The van der Waals surface area contributed by atoms with Crippen LogP contribution in [-0.4, -0.2) is 26.4 Å². The largest absolute Gasteiger partial charge is 0.481 e. The van der Waals surface area contributed by atoms with Gasteiger partial charge in [0.05, 0.1) is 5.75 Å². The minimum absolute atomic E-state index is 0.0796. The fraction of sp³-hybridized carbons (Fsp3) is 0.750. The predicted molar refractivity (Wildman–Crippen MR) is 85.8 cm³/mol. The lowest BCUT2D eigenvalue weighted by Crippen LogP contribution is -2.19. The molecule has 118 valence electrons. The summed E-state index contributed by atoms with van der Waals surface area (Å²) < 4.78 is 2.26. The molecule has 2 rings (SSSR count). The summed E-state index contributed by atoms with van der Waals surface area (Å²) in [6, 6.07) is 0. The third-order valence-electron chi connectivity index (χ3n) is 4.34. The Bertz CT molecular complexity index is 477. The number of carboxylic acids is 1. The minimum atomic E-state index is -0.785. The van der Waals surface area contributed by atoms with Crippen LogP contribution in [0.1, 0.15) is 58.1 Å². The number of aliphatic carboxylic acids is 1. The van der Waals surface area contributed by atoms with E-state index in [9.17, 15) is 4.79 Å². The molecule has 1 aliphatic carbocycles. The molecule has 5 heteroatoms. The van der Waals surface area contributed by atoms with Crippen molar-refractivity contribution in [2.75, 3.05) is 5.75 Å². The van der Waals surface area contributed by atoms with E-state index in [2.05, 4.69) is 30.3 Å². The summed E-state index contributed by atoms with van der Waals surface area (Å²) in [6.45, 7) is 7.66. The van der Waals surface area contributed by atoms with Gasteiger partial charge in [0.2, 0.25) is 0 Å². The Hall–Kier alpha value is -0.970. The molecule has 0 bridgehead atoms. The first-order valence-electron chi connectivity index (χ1n) is 7.87. The van der Waals surface area contributed by atoms with Gasteiger partial charge in [-0.15, -0.1) is 0 Å². The van der Waals surface area contributed by atoms with Gasteiger partial charge in [0.1, 0.15) is 0 Å². The van der Waals surface area contributed by atoms with Crippen LogP contribution >= 0.6 is 11.8 Å². The highest BCUT2D eigenvalue weighted by molar-refractivity contribution is 7.99. The number of rotatable bonds is 6. The minimum Gasteiger partial charge on any atom is -0.481 e. The van der Waals surface area contributed by atoms with Gasteiger partial charge in [-0.1, -0.05) is 45.4 Å². The Morgan fingerprint density at radius 1 is 1.43 bits per heavy atom. The molecule has 1 aliphatic rings. The molecule has 1 aromatic rings. The zero-order valence-corrected chi connectivity index (χ0v) is 14.0. The first-order chi connectivity index (χ1) is 9.97. The zero-order chi connectivity index (χ0) is 15.4. The second-order valence-corrected chi connectivity index (χ2v) is 7.48. The monoisotopic (exact) mass is 310 g/mol. The highest BCUT2D eigenvalue weighted by atomic mass is 32.2. The SMILES string of the molecule is CC1CCC(Cn2c(C(C)C)cnc2SCC(=O)O)CC1. The van der Waals surface area contributed by atoms with Crippen molar-refractivity contribution >= 4 is 17.7 Å². The number of carbonyl (C=O) groups is 1. The van der Waals surface area contributed by atoms with Crippen LogP contribution in [0.3, 0.4) is 0 Å². The molecule has 1 fully saturated rings. The number of hydrogen-bond acceptors (Lipinski definition) is 3. The maximum atomic E-state index is 10.8. The molecule has 0 radical (unpaired) electrons. The molecule has 1 aromatic heterocycles. The summed E-state index contributed by atoms with van der Waals surface area (Å²) >= 11 is 1.33. The fourth-order valence-electron chi connectivity index (χ4n) is 3.03. The van der Waals surface area contributed by atoms with Crippen LogP contribution < -0.4 is 0 Å². The van der Waals surface area contributed by atoms with E-state index in [-0.39, 0.29) is 5.75 Å². The molecule has 1 saturated carbocycles. The maximum absolute atomic E-state index is 10.8. The van der Waals surface area contributed by atoms with E-state index in [0.29, 0.717) is 11.8 Å². The first-order valence-corrected chi connectivity index (χ1v) is 8.86. The van der Waals surface area contributed by atoms with E-state index in [0.717, 1.165) is 17.6 Å². The topological polar surface area (TPSA) is 55.1 Å². The molecule has 0 atom stereocenters. The molecule has 0 unspecified atom stereocenters. The van der Waals surface area contributed by atoms with Crippen molar-refractivity contribution < 1.29 is 9.90 Å². The number of imidazole rings is 1. The lowest BCUT2D eigenvalue weighted by molar-refractivity contribution is -0.133. The third-order valence-corrected chi connectivity index (χ3v) is 5.32. The number of carboxylic acid groups (broad SMARTS) is 1. The third kappa shape index (κ3) is 4.50. The van der Waals surface area contributed by atoms with E-state index in [1.807, 2.05) is 6.20 Å². The zero-order valence-electron chi connectivity index (χ0n) is 13.2. The van der Waals surface area contributed by atoms with Crippen molar-refractivity contribution in [3.63, 3.8) is 0 Å². The molecule has 0 amide bonds.